The average molecular weight is 571 g/mol. The van der Waals surface area contributed by atoms with Crippen molar-refractivity contribution in [2.45, 2.75) is 57.7 Å². The van der Waals surface area contributed by atoms with E-state index in [4.69, 9.17) is 0 Å². The molecule has 2 heterocycles. The molecule has 0 bridgehead atoms. The van der Waals surface area contributed by atoms with Gasteiger partial charge in [0.1, 0.15) is 6.54 Å². The van der Waals surface area contributed by atoms with E-state index in [0.717, 1.165) is 45.0 Å². The number of halogens is 1. The second-order valence-corrected chi connectivity index (χ2v) is 9.30. The van der Waals surface area contributed by atoms with Crippen LogP contribution in [0.4, 0.5) is 0 Å². The highest BCUT2D eigenvalue weighted by atomic mass is 127. The molecule has 1 aromatic rings. The first kappa shape index (κ1) is 27.9. The Morgan fingerprint density at radius 1 is 1.15 bits per heavy atom. The number of carbonyl (C=O) groups excluding carboxylic acids is 1. The van der Waals surface area contributed by atoms with Crippen molar-refractivity contribution >= 4 is 35.8 Å². The maximum Gasteiger partial charge on any atom is 0.243 e. The third-order valence-electron chi connectivity index (χ3n) is 6.98. The number of benzene rings is 1. The van der Waals surface area contributed by atoms with Crippen molar-refractivity contribution in [3.05, 3.63) is 35.9 Å². The number of likely N-dealkylation sites (N-methyl/N-ethyl adjacent to an activating group) is 2. The molecule has 0 radical (unpaired) electrons. The van der Waals surface area contributed by atoms with Crippen LogP contribution in [0.25, 0.3) is 0 Å². The zero-order chi connectivity index (χ0) is 22.9. The summed E-state index contributed by atoms with van der Waals surface area (Å²) in [6, 6.07) is 12.1. The molecule has 0 aliphatic carbocycles. The number of hydrogen-bond acceptors (Lipinski definition) is 4. The summed E-state index contributed by atoms with van der Waals surface area (Å²) in [6.45, 7) is 9.96. The molecule has 2 N–H and O–H groups in total. The normalized spacial score (nSPS) is 21.3. The summed E-state index contributed by atoms with van der Waals surface area (Å²) in [6.07, 6.45) is 4.63. The molecule has 2 unspecified atom stereocenters. The van der Waals surface area contributed by atoms with Crippen LogP contribution in [0.5, 0.6) is 0 Å². The number of piperidine rings is 1. The van der Waals surface area contributed by atoms with Crippen molar-refractivity contribution in [2.75, 3.05) is 53.4 Å². The lowest BCUT2D eigenvalue weighted by molar-refractivity contribution is -0.127. The van der Waals surface area contributed by atoms with E-state index in [0.29, 0.717) is 18.1 Å². The summed E-state index contributed by atoms with van der Waals surface area (Å²) < 4.78 is 0. The van der Waals surface area contributed by atoms with Gasteiger partial charge in [-0.1, -0.05) is 37.3 Å². The van der Waals surface area contributed by atoms with Crippen molar-refractivity contribution in [3.63, 3.8) is 0 Å². The molecule has 0 spiro atoms. The third-order valence-corrected chi connectivity index (χ3v) is 6.98. The van der Waals surface area contributed by atoms with Crippen LogP contribution in [0.15, 0.2) is 35.3 Å². The van der Waals surface area contributed by atoms with Gasteiger partial charge in [-0.05, 0) is 51.3 Å². The number of nitrogens with zero attached hydrogens (tertiary/aromatic N) is 4. The zero-order valence-electron chi connectivity index (χ0n) is 20.8. The maximum atomic E-state index is 12.1. The van der Waals surface area contributed by atoms with Gasteiger partial charge in [-0.15, -0.1) is 24.0 Å². The molecule has 3 rings (SSSR count). The first-order valence-corrected chi connectivity index (χ1v) is 12.3. The summed E-state index contributed by atoms with van der Waals surface area (Å²) >= 11 is 0. The monoisotopic (exact) mass is 570 g/mol. The van der Waals surface area contributed by atoms with E-state index in [1.807, 2.05) is 0 Å². The highest BCUT2D eigenvalue weighted by Crippen LogP contribution is 2.24. The first-order valence-electron chi connectivity index (χ1n) is 12.3. The van der Waals surface area contributed by atoms with E-state index >= 15 is 0 Å². The van der Waals surface area contributed by atoms with Crippen molar-refractivity contribution < 1.29 is 4.79 Å². The Hall–Kier alpha value is -1.39. The average Bonchev–Trinajstić information content (AvgIpc) is 3.28. The molecular weight excluding hydrogens is 527 g/mol. The van der Waals surface area contributed by atoms with E-state index < -0.39 is 0 Å². The summed E-state index contributed by atoms with van der Waals surface area (Å²) in [4.78, 5) is 23.4. The Balaban J connectivity index is 0.00000385. The molecule has 2 atom stereocenters. The summed E-state index contributed by atoms with van der Waals surface area (Å²) in [7, 11) is 3.55. The minimum Gasteiger partial charge on any atom is -0.355 e. The lowest BCUT2D eigenvalue weighted by Crippen LogP contribution is -2.51. The van der Waals surface area contributed by atoms with Gasteiger partial charge in [-0.3, -0.25) is 14.6 Å². The summed E-state index contributed by atoms with van der Waals surface area (Å²) in [5, 5.41) is 7.17. The number of carbonyl (C=O) groups is 1. The number of nitrogens with one attached hydrogen (secondary N) is 2. The smallest absolute Gasteiger partial charge is 0.243 e. The molecule has 2 saturated heterocycles. The fourth-order valence-corrected chi connectivity index (χ4v) is 4.76. The van der Waals surface area contributed by atoms with Gasteiger partial charge < -0.3 is 15.5 Å². The number of rotatable bonds is 8. The fourth-order valence-electron chi connectivity index (χ4n) is 4.76. The van der Waals surface area contributed by atoms with Gasteiger partial charge in [0.15, 0.2) is 5.96 Å². The molecule has 1 amide bonds. The van der Waals surface area contributed by atoms with E-state index in [1.165, 1.54) is 24.9 Å². The van der Waals surface area contributed by atoms with Crippen molar-refractivity contribution in [1.29, 1.82) is 0 Å². The summed E-state index contributed by atoms with van der Waals surface area (Å²) in [5.74, 6) is 0.798. The first-order chi connectivity index (χ1) is 15.5. The molecule has 33 heavy (non-hydrogen) atoms. The van der Waals surface area contributed by atoms with Crippen LogP contribution in [-0.2, 0) is 4.79 Å². The van der Waals surface area contributed by atoms with Gasteiger partial charge in [0, 0.05) is 51.9 Å². The van der Waals surface area contributed by atoms with Crippen molar-refractivity contribution in [3.8, 4) is 0 Å². The minimum absolute atomic E-state index is 0. The van der Waals surface area contributed by atoms with E-state index in [2.05, 4.69) is 69.6 Å². The number of aliphatic imine (C=N–C) groups is 1. The molecule has 2 aliphatic rings. The van der Waals surface area contributed by atoms with Crippen LogP contribution < -0.4 is 10.6 Å². The largest absolute Gasteiger partial charge is 0.355 e. The SMILES string of the molecule is CCN1CCCC1CNC(=NCC(=O)N(C)C)NC1CCN(C(C)c2ccccc2)CC1.I. The molecule has 1 aromatic carbocycles. The highest BCUT2D eigenvalue weighted by Gasteiger charge is 2.26. The van der Waals surface area contributed by atoms with Crippen LogP contribution in [0.3, 0.4) is 0 Å². The third kappa shape index (κ3) is 8.40. The molecule has 8 heteroatoms. The number of likely N-dealkylation sites (tertiary alicyclic amines) is 2. The van der Waals surface area contributed by atoms with Gasteiger partial charge in [0.2, 0.25) is 5.91 Å². The van der Waals surface area contributed by atoms with Crippen LogP contribution in [0.2, 0.25) is 0 Å². The lowest BCUT2D eigenvalue weighted by Gasteiger charge is -2.37. The second kappa shape index (κ2) is 14.1. The van der Waals surface area contributed by atoms with Crippen molar-refractivity contribution in [2.24, 2.45) is 4.99 Å². The Morgan fingerprint density at radius 2 is 1.85 bits per heavy atom. The van der Waals surface area contributed by atoms with Gasteiger partial charge >= 0.3 is 0 Å². The molecule has 0 aromatic heterocycles. The number of amides is 1. The fraction of sp³-hybridized carbons (Fsp3) is 0.680. The molecular formula is C25H43IN6O. The van der Waals surface area contributed by atoms with Crippen LogP contribution >= 0.6 is 24.0 Å². The van der Waals surface area contributed by atoms with E-state index in [9.17, 15) is 4.79 Å². The van der Waals surface area contributed by atoms with Gasteiger partial charge in [0.05, 0.1) is 0 Å². The van der Waals surface area contributed by atoms with E-state index in [-0.39, 0.29) is 36.4 Å². The summed E-state index contributed by atoms with van der Waals surface area (Å²) in [5.41, 5.74) is 1.38. The van der Waals surface area contributed by atoms with Gasteiger partial charge in [-0.2, -0.15) is 0 Å². The van der Waals surface area contributed by atoms with Crippen molar-refractivity contribution in [1.82, 2.24) is 25.3 Å². The predicted molar refractivity (Wildman–Crippen MR) is 147 cm³/mol. The van der Waals surface area contributed by atoms with Gasteiger partial charge in [-0.25, -0.2) is 4.99 Å². The van der Waals surface area contributed by atoms with Gasteiger partial charge in [0.25, 0.3) is 0 Å². The quantitative estimate of drug-likeness (QED) is 0.286. The Bertz CT molecular complexity index is 736. The standard InChI is InChI=1S/C25H42N6O.HI/c1-5-30-15-9-12-23(30)18-26-25(27-19-24(32)29(3)4)28-22-13-16-31(17-14-22)20(2)21-10-7-6-8-11-21;/h6-8,10-11,20,22-23H,5,9,12-19H2,1-4H3,(H2,26,27,28);1H. The molecule has 0 saturated carbocycles. The topological polar surface area (TPSA) is 63.2 Å². The molecule has 2 aliphatic heterocycles. The zero-order valence-corrected chi connectivity index (χ0v) is 23.1. The van der Waals surface area contributed by atoms with Crippen LogP contribution in [-0.4, -0.2) is 92.0 Å². The highest BCUT2D eigenvalue weighted by molar-refractivity contribution is 14.0. The molecule has 186 valence electrons. The molecule has 2 fully saturated rings. The van der Waals surface area contributed by atoms with Crippen LogP contribution in [0.1, 0.15) is 51.1 Å². The lowest BCUT2D eigenvalue weighted by atomic mass is 10.0. The number of hydrogen-bond donors (Lipinski definition) is 2. The van der Waals surface area contributed by atoms with Crippen LogP contribution in [0, 0.1) is 0 Å². The Kier molecular flexibility index (Phi) is 11.9. The number of guanidine groups is 1. The predicted octanol–water partition coefficient (Wildman–Crippen LogP) is 2.94. The minimum atomic E-state index is 0. The Morgan fingerprint density at radius 3 is 2.48 bits per heavy atom. The second-order valence-electron chi connectivity index (χ2n) is 9.30. The Labute approximate surface area is 217 Å². The maximum absolute atomic E-state index is 12.1. The molecule has 7 nitrogen and oxygen atoms in total. The van der Waals surface area contributed by atoms with E-state index in [1.54, 1.807) is 19.0 Å².